The first-order chi connectivity index (χ1) is 17.3. The summed E-state index contributed by atoms with van der Waals surface area (Å²) in [4.78, 5) is 9.43. The molecule has 1 aliphatic heterocycles. The van der Waals surface area contributed by atoms with Crippen molar-refractivity contribution in [3.63, 3.8) is 0 Å². The van der Waals surface area contributed by atoms with Crippen LogP contribution in [0, 0.1) is 0 Å². The summed E-state index contributed by atoms with van der Waals surface area (Å²) in [5.74, 6) is 1.77. The van der Waals surface area contributed by atoms with Crippen molar-refractivity contribution in [1.29, 1.82) is 0 Å². The summed E-state index contributed by atoms with van der Waals surface area (Å²) in [6.45, 7) is 2.92. The van der Waals surface area contributed by atoms with Crippen LogP contribution in [0.1, 0.15) is 23.2 Å². The number of thiazole rings is 1. The molecule has 9 heteroatoms. The summed E-state index contributed by atoms with van der Waals surface area (Å²) >= 11 is 1.69. The topological polar surface area (TPSA) is 77.2 Å². The number of nitrogens with one attached hydrogen (secondary N) is 1. The number of nitrogens with zero attached hydrogens (tertiary/aromatic N) is 5. The smallest absolute Gasteiger partial charge is 0.134 e. The van der Waals surface area contributed by atoms with Gasteiger partial charge in [-0.15, -0.1) is 28.8 Å². The molecule has 0 saturated carbocycles. The Kier molecular flexibility index (Phi) is 7.25. The number of halogens is 1. The summed E-state index contributed by atoms with van der Waals surface area (Å²) < 4.78 is 8.92. The number of hydrogen-bond donors (Lipinski definition) is 1. The van der Waals surface area contributed by atoms with Crippen LogP contribution in [0.15, 0.2) is 84.0 Å². The Bertz CT molecular complexity index is 1480. The van der Waals surface area contributed by atoms with Crippen molar-refractivity contribution < 1.29 is 4.74 Å². The third-order valence-electron chi connectivity index (χ3n) is 5.82. The number of aliphatic imine (C=N–C) groups is 1. The highest BCUT2D eigenvalue weighted by Gasteiger charge is 2.11. The molecule has 6 rings (SSSR count). The summed E-state index contributed by atoms with van der Waals surface area (Å²) in [6, 6.07) is 24.6. The summed E-state index contributed by atoms with van der Waals surface area (Å²) in [7, 11) is 0. The molecular formula is C27H25ClN6OS. The first kappa shape index (κ1) is 24.0. The van der Waals surface area contributed by atoms with E-state index in [9.17, 15) is 0 Å². The molecule has 2 aromatic heterocycles. The standard InChI is InChI=1S/C27H24N6OS.ClH/c1-2-5-19(6-3-1)16-33-17-22(31-32-33)18-34-23-10-7-20(8-11-23)27-30-24-12-9-21(15-25(24)35-27)26-28-13-4-14-29-26;/h1-3,5-12,15,17H,4,13-14,16,18H2,(H,28,29);1H. The fraction of sp³-hybridized carbons (Fsp3) is 0.185. The van der Waals surface area contributed by atoms with Gasteiger partial charge >= 0.3 is 0 Å². The van der Waals surface area contributed by atoms with Crippen molar-refractivity contribution in [1.82, 2.24) is 25.3 Å². The number of rotatable bonds is 7. The third-order valence-corrected chi connectivity index (χ3v) is 6.89. The van der Waals surface area contributed by atoms with Gasteiger partial charge in [-0.3, -0.25) is 4.99 Å². The average molecular weight is 517 g/mol. The lowest BCUT2D eigenvalue weighted by Gasteiger charge is -2.14. The molecule has 3 aromatic carbocycles. The predicted octanol–water partition coefficient (Wildman–Crippen LogP) is 5.34. The Morgan fingerprint density at radius 1 is 0.972 bits per heavy atom. The Labute approximate surface area is 219 Å². The van der Waals surface area contributed by atoms with Crippen LogP contribution in [0.3, 0.4) is 0 Å². The van der Waals surface area contributed by atoms with Crippen molar-refractivity contribution >= 4 is 39.8 Å². The Morgan fingerprint density at radius 3 is 2.61 bits per heavy atom. The van der Waals surface area contributed by atoms with Crippen LogP contribution in [0.2, 0.25) is 0 Å². The molecule has 1 aliphatic rings. The summed E-state index contributed by atoms with van der Waals surface area (Å²) in [5.41, 5.74) is 5.18. The molecule has 0 atom stereocenters. The maximum atomic E-state index is 5.94. The molecule has 36 heavy (non-hydrogen) atoms. The molecule has 0 amide bonds. The fourth-order valence-electron chi connectivity index (χ4n) is 4.02. The van der Waals surface area contributed by atoms with E-state index in [1.807, 2.05) is 53.3 Å². The molecule has 0 radical (unpaired) electrons. The van der Waals surface area contributed by atoms with Crippen molar-refractivity contribution in [2.24, 2.45) is 4.99 Å². The molecule has 0 unspecified atom stereocenters. The first-order valence-electron chi connectivity index (χ1n) is 11.7. The van der Waals surface area contributed by atoms with E-state index in [-0.39, 0.29) is 12.4 Å². The number of hydrogen-bond acceptors (Lipinski definition) is 7. The Hall–Kier alpha value is -3.75. The van der Waals surface area contributed by atoms with Gasteiger partial charge in [0.15, 0.2) is 0 Å². The maximum absolute atomic E-state index is 5.94. The molecule has 182 valence electrons. The summed E-state index contributed by atoms with van der Waals surface area (Å²) in [6.07, 6.45) is 3.01. The zero-order valence-electron chi connectivity index (χ0n) is 19.5. The average Bonchev–Trinajstić information content (AvgIpc) is 3.55. The molecule has 0 bridgehead atoms. The van der Waals surface area contributed by atoms with Gasteiger partial charge in [-0.25, -0.2) is 9.67 Å². The second-order valence-electron chi connectivity index (χ2n) is 8.42. The van der Waals surface area contributed by atoms with Gasteiger partial charge < -0.3 is 10.1 Å². The first-order valence-corrected chi connectivity index (χ1v) is 12.5. The van der Waals surface area contributed by atoms with E-state index < -0.39 is 0 Å². The lowest BCUT2D eigenvalue weighted by atomic mass is 10.1. The van der Waals surface area contributed by atoms with Gasteiger partial charge in [0.1, 0.15) is 28.9 Å². The van der Waals surface area contributed by atoms with Gasteiger partial charge in [0.2, 0.25) is 0 Å². The maximum Gasteiger partial charge on any atom is 0.134 e. The highest BCUT2D eigenvalue weighted by molar-refractivity contribution is 7.21. The molecule has 0 aliphatic carbocycles. The van der Waals surface area contributed by atoms with E-state index in [1.54, 1.807) is 11.3 Å². The third kappa shape index (κ3) is 5.40. The van der Waals surface area contributed by atoms with Crippen molar-refractivity contribution in [3.8, 4) is 16.3 Å². The van der Waals surface area contributed by atoms with E-state index in [2.05, 4.69) is 51.0 Å². The van der Waals surface area contributed by atoms with Crippen molar-refractivity contribution in [2.45, 2.75) is 19.6 Å². The monoisotopic (exact) mass is 516 g/mol. The number of aromatic nitrogens is 4. The normalized spacial score (nSPS) is 13.1. The number of benzene rings is 3. The van der Waals surface area contributed by atoms with Crippen LogP contribution >= 0.6 is 23.7 Å². The van der Waals surface area contributed by atoms with Gasteiger partial charge in [-0.05, 0) is 54.4 Å². The van der Waals surface area contributed by atoms with Crippen LogP contribution in [-0.4, -0.2) is 38.9 Å². The molecular weight excluding hydrogens is 492 g/mol. The van der Waals surface area contributed by atoms with Crippen LogP contribution in [0.5, 0.6) is 5.75 Å². The van der Waals surface area contributed by atoms with Gasteiger partial charge in [0, 0.05) is 24.2 Å². The van der Waals surface area contributed by atoms with Crippen LogP contribution in [-0.2, 0) is 13.2 Å². The lowest BCUT2D eigenvalue weighted by Crippen LogP contribution is -2.30. The van der Waals surface area contributed by atoms with E-state index in [4.69, 9.17) is 9.72 Å². The predicted molar refractivity (Wildman–Crippen MR) is 146 cm³/mol. The highest BCUT2D eigenvalue weighted by atomic mass is 35.5. The van der Waals surface area contributed by atoms with Gasteiger partial charge in [0.05, 0.1) is 23.0 Å². The van der Waals surface area contributed by atoms with Gasteiger partial charge in [-0.2, -0.15) is 0 Å². The zero-order valence-corrected chi connectivity index (χ0v) is 21.1. The highest BCUT2D eigenvalue weighted by Crippen LogP contribution is 2.32. The van der Waals surface area contributed by atoms with E-state index in [1.165, 1.54) is 5.56 Å². The van der Waals surface area contributed by atoms with Crippen LogP contribution in [0.25, 0.3) is 20.8 Å². The Morgan fingerprint density at radius 2 is 1.81 bits per heavy atom. The van der Waals surface area contributed by atoms with Crippen LogP contribution < -0.4 is 10.1 Å². The van der Waals surface area contributed by atoms with E-state index in [0.29, 0.717) is 13.2 Å². The minimum Gasteiger partial charge on any atom is -0.487 e. The molecule has 3 heterocycles. The number of ether oxygens (including phenoxy) is 1. The van der Waals surface area contributed by atoms with Crippen molar-refractivity contribution in [2.75, 3.05) is 13.1 Å². The lowest BCUT2D eigenvalue weighted by molar-refractivity contribution is 0.301. The quantitative estimate of drug-likeness (QED) is 0.316. The van der Waals surface area contributed by atoms with Crippen LogP contribution in [0.4, 0.5) is 0 Å². The molecule has 7 nitrogen and oxygen atoms in total. The molecule has 1 N–H and O–H groups in total. The number of amidine groups is 1. The SMILES string of the molecule is Cl.c1ccc(Cn2cc(COc3ccc(-c4nc5ccc(C6=NCCCN6)cc5s4)cc3)nn2)cc1. The number of fused-ring (bicyclic) bond motifs is 1. The summed E-state index contributed by atoms with van der Waals surface area (Å²) in [5, 5.41) is 12.8. The second-order valence-corrected chi connectivity index (χ2v) is 9.45. The van der Waals surface area contributed by atoms with Gasteiger partial charge in [-0.1, -0.05) is 35.5 Å². The van der Waals surface area contributed by atoms with Gasteiger partial charge in [0.25, 0.3) is 0 Å². The zero-order chi connectivity index (χ0) is 23.5. The largest absolute Gasteiger partial charge is 0.487 e. The molecule has 0 spiro atoms. The molecule has 5 aromatic rings. The van der Waals surface area contributed by atoms with Crippen molar-refractivity contribution in [3.05, 3.63) is 95.8 Å². The molecule has 0 fully saturated rings. The fourth-order valence-corrected chi connectivity index (χ4v) is 5.04. The van der Waals surface area contributed by atoms with E-state index >= 15 is 0 Å². The molecule has 0 saturated heterocycles. The minimum absolute atomic E-state index is 0. The Balaban J connectivity index is 0.00000267. The minimum atomic E-state index is 0. The second kappa shape index (κ2) is 10.9. The van der Waals surface area contributed by atoms with E-state index in [0.717, 1.165) is 63.1 Å².